The van der Waals surface area contributed by atoms with E-state index >= 15 is 0 Å². The Balaban J connectivity index is 1.31. The Hall–Kier alpha value is -2.42. The number of rotatable bonds is 5. The maximum atomic E-state index is 12.8. The molecular formula is C20H22ClN5O2S. The summed E-state index contributed by atoms with van der Waals surface area (Å²) in [7, 11) is 0. The second kappa shape index (κ2) is 8.52. The summed E-state index contributed by atoms with van der Waals surface area (Å²) in [5.41, 5.74) is 1.87. The molecule has 1 saturated heterocycles. The third-order valence-corrected chi connectivity index (χ3v) is 6.19. The quantitative estimate of drug-likeness (QED) is 0.674. The standard InChI is InChI=1S/C20H22ClN5O2S/c1-14(27)22-10-17-3-4-18(29-17)20(28)25-8-6-24(7-9-25)12-16-13-26-11-15(21)2-5-19(26)23-16/h2-5,11,13H,6-10,12H2,1H3,(H,22,27). The predicted molar refractivity (Wildman–Crippen MR) is 113 cm³/mol. The lowest BCUT2D eigenvalue weighted by atomic mass is 10.2. The van der Waals surface area contributed by atoms with Crippen molar-refractivity contribution >= 4 is 40.4 Å². The minimum atomic E-state index is -0.0731. The normalized spacial score (nSPS) is 15.0. The van der Waals surface area contributed by atoms with Crippen LogP contribution < -0.4 is 5.32 Å². The van der Waals surface area contributed by atoms with Gasteiger partial charge in [-0.2, -0.15) is 0 Å². The molecule has 0 saturated carbocycles. The number of halogens is 1. The molecular weight excluding hydrogens is 410 g/mol. The molecule has 2 amide bonds. The highest BCUT2D eigenvalue weighted by molar-refractivity contribution is 7.14. The molecule has 0 unspecified atom stereocenters. The van der Waals surface area contributed by atoms with Crippen molar-refractivity contribution in [1.29, 1.82) is 0 Å². The molecule has 7 nitrogen and oxygen atoms in total. The number of fused-ring (bicyclic) bond motifs is 1. The van der Waals surface area contributed by atoms with E-state index in [9.17, 15) is 9.59 Å². The van der Waals surface area contributed by atoms with Crippen molar-refractivity contribution in [3.63, 3.8) is 0 Å². The van der Waals surface area contributed by atoms with Crippen molar-refractivity contribution in [3.8, 4) is 0 Å². The van der Waals surface area contributed by atoms with E-state index in [-0.39, 0.29) is 11.8 Å². The average molecular weight is 432 g/mol. The fourth-order valence-corrected chi connectivity index (χ4v) is 4.47. The first-order valence-electron chi connectivity index (χ1n) is 9.46. The third kappa shape index (κ3) is 4.77. The van der Waals surface area contributed by atoms with Crippen LogP contribution in [0.15, 0.2) is 36.7 Å². The molecule has 1 N–H and O–H groups in total. The van der Waals surface area contributed by atoms with E-state index in [0.29, 0.717) is 24.7 Å². The summed E-state index contributed by atoms with van der Waals surface area (Å²) in [5.74, 6) is -0.0119. The summed E-state index contributed by atoms with van der Waals surface area (Å²) in [4.78, 5) is 34.3. The summed E-state index contributed by atoms with van der Waals surface area (Å²) in [5, 5.41) is 3.44. The van der Waals surface area contributed by atoms with Gasteiger partial charge in [-0.1, -0.05) is 11.6 Å². The summed E-state index contributed by atoms with van der Waals surface area (Å²) < 4.78 is 1.94. The van der Waals surface area contributed by atoms with E-state index in [0.717, 1.165) is 40.7 Å². The Morgan fingerprint density at radius 2 is 1.93 bits per heavy atom. The van der Waals surface area contributed by atoms with Gasteiger partial charge in [0.05, 0.1) is 22.1 Å². The first kappa shape index (κ1) is 19.9. The Morgan fingerprint density at radius 1 is 1.14 bits per heavy atom. The number of piperazine rings is 1. The number of pyridine rings is 1. The van der Waals surface area contributed by atoms with Crippen LogP contribution in [0.25, 0.3) is 5.65 Å². The van der Waals surface area contributed by atoms with Gasteiger partial charge in [-0.15, -0.1) is 11.3 Å². The molecule has 0 radical (unpaired) electrons. The summed E-state index contributed by atoms with van der Waals surface area (Å²) >= 11 is 7.48. The van der Waals surface area contributed by atoms with Crippen LogP contribution in [0.4, 0.5) is 0 Å². The SMILES string of the molecule is CC(=O)NCc1ccc(C(=O)N2CCN(Cc3cn4cc(Cl)ccc4n3)CC2)s1. The van der Waals surface area contributed by atoms with E-state index in [1.807, 2.05) is 46.0 Å². The molecule has 9 heteroatoms. The van der Waals surface area contributed by atoms with Gasteiger partial charge in [0.15, 0.2) is 0 Å². The summed E-state index contributed by atoms with van der Waals surface area (Å²) in [6.45, 7) is 5.70. The number of thiophene rings is 1. The van der Waals surface area contributed by atoms with E-state index in [1.165, 1.54) is 18.3 Å². The Kier molecular flexibility index (Phi) is 5.84. The first-order valence-corrected chi connectivity index (χ1v) is 10.7. The van der Waals surface area contributed by atoms with Gasteiger partial charge in [0.2, 0.25) is 5.91 Å². The molecule has 0 atom stereocenters. The van der Waals surface area contributed by atoms with Crippen LogP contribution in [0.3, 0.4) is 0 Å². The largest absolute Gasteiger partial charge is 0.351 e. The van der Waals surface area contributed by atoms with Crippen molar-refractivity contribution in [2.75, 3.05) is 26.2 Å². The van der Waals surface area contributed by atoms with Gasteiger partial charge in [0, 0.05) is 56.9 Å². The number of carbonyl (C=O) groups is 2. The molecule has 152 valence electrons. The van der Waals surface area contributed by atoms with Crippen molar-refractivity contribution in [3.05, 3.63) is 57.1 Å². The van der Waals surface area contributed by atoms with Gasteiger partial charge in [-0.3, -0.25) is 14.5 Å². The number of carbonyl (C=O) groups excluding carboxylic acids is 2. The van der Waals surface area contributed by atoms with Crippen LogP contribution in [0.2, 0.25) is 5.02 Å². The monoisotopic (exact) mass is 431 g/mol. The van der Waals surface area contributed by atoms with Crippen LogP contribution in [0.5, 0.6) is 0 Å². The van der Waals surface area contributed by atoms with E-state index in [4.69, 9.17) is 11.6 Å². The number of amides is 2. The topological polar surface area (TPSA) is 70.0 Å². The molecule has 0 spiro atoms. The molecule has 1 aliphatic heterocycles. The minimum Gasteiger partial charge on any atom is -0.351 e. The highest BCUT2D eigenvalue weighted by Crippen LogP contribution is 2.20. The van der Waals surface area contributed by atoms with Crippen molar-refractivity contribution in [2.45, 2.75) is 20.0 Å². The second-order valence-electron chi connectivity index (χ2n) is 7.09. The van der Waals surface area contributed by atoms with Gasteiger partial charge in [0.25, 0.3) is 5.91 Å². The van der Waals surface area contributed by atoms with E-state index in [2.05, 4.69) is 15.2 Å². The van der Waals surface area contributed by atoms with E-state index < -0.39 is 0 Å². The Morgan fingerprint density at radius 3 is 2.69 bits per heavy atom. The predicted octanol–water partition coefficient (Wildman–Crippen LogP) is 2.64. The number of aromatic nitrogens is 2. The van der Waals surface area contributed by atoms with Gasteiger partial charge in [-0.05, 0) is 24.3 Å². The molecule has 1 fully saturated rings. The molecule has 0 aromatic carbocycles. The number of nitrogens with zero attached hydrogens (tertiary/aromatic N) is 4. The van der Waals surface area contributed by atoms with Crippen LogP contribution in [-0.2, 0) is 17.9 Å². The highest BCUT2D eigenvalue weighted by atomic mass is 35.5. The van der Waals surface area contributed by atoms with Crippen LogP contribution in [0.1, 0.15) is 27.2 Å². The highest BCUT2D eigenvalue weighted by Gasteiger charge is 2.23. The lowest BCUT2D eigenvalue weighted by molar-refractivity contribution is -0.119. The molecule has 0 aliphatic carbocycles. The van der Waals surface area contributed by atoms with Crippen molar-refractivity contribution in [2.24, 2.45) is 0 Å². The zero-order valence-electron chi connectivity index (χ0n) is 16.1. The van der Waals surface area contributed by atoms with Crippen molar-refractivity contribution < 1.29 is 9.59 Å². The average Bonchev–Trinajstić information content (AvgIpc) is 3.32. The zero-order valence-corrected chi connectivity index (χ0v) is 17.7. The summed E-state index contributed by atoms with van der Waals surface area (Å²) in [6, 6.07) is 7.49. The number of hydrogen-bond donors (Lipinski definition) is 1. The zero-order chi connectivity index (χ0) is 20.4. The second-order valence-corrected chi connectivity index (χ2v) is 8.69. The van der Waals surface area contributed by atoms with Crippen molar-refractivity contribution in [1.82, 2.24) is 24.5 Å². The molecule has 29 heavy (non-hydrogen) atoms. The lowest BCUT2D eigenvalue weighted by Crippen LogP contribution is -2.48. The number of hydrogen-bond acceptors (Lipinski definition) is 5. The van der Waals surface area contributed by atoms with Gasteiger partial charge in [0.1, 0.15) is 5.65 Å². The molecule has 3 aromatic rings. The molecule has 4 heterocycles. The van der Waals surface area contributed by atoms with Gasteiger partial charge < -0.3 is 14.6 Å². The van der Waals surface area contributed by atoms with Crippen LogP contribution >= 0.6 is 22.9 Å². The molecule has 0 bridgehead atoms. The minimum absolute atomic E-state index is 0.0612. The van der Waals surface area contributed by atoms with Gasteiger partial charge in [-0.25, -0.2) is 4.98 Å². The van der Waals surface area contributed by atoms with Crippen LogP contribution in [-0.4, -0.2) is 57.2 Å². The third-order valence-electron chi connectivity index (χ3n) is 4.89. The number of nitrogens with one attached hydrogen (secondary N) is 1. The molecule has 4 rings (SSSR count). The first-order chi connectivity index (χ1) is 14.0. The summed E-state index contributed by atoms with van der Waals surface area (Å²) in [6.07, 6.45) is 3.85. The number of imidazole rings is 1. The van der Waals surface area contributed by atoms with Crippen LogP contribution in [0, 0.1) is 0 Å². The van der Waals surface area contributed by atoms with Gasteiger partial charge >= 0.3 is 0 Å². The fraction of sp³-hybridized carbons (Fsp3) is 0.350. The molecule has 3 aromatic heterocycles. The Bertz CT molecular complexity index is 1040. The smallest absolute Gasteiger partial charge is 0.264 e. The maximum Gasteiger partial charge on any atom is 0.264 e. The maximum absolute atomic E-state index is 12.8. The Labute approximate surface area is 177 Å². The van der Waals surface area contributed by atoms with E-state index in [1.54, 1.807) is 0 Å². The lowest BCUT2D eigenvalue weighted by Gasteiger charge is -2.34. The molecule has 1 aliphatic rings. The fourth-order valence-electron chi connectivity index (χ4n) is 3.39.